The average molecular weight is 279 g/mol. The van der Waals surface area contributed by atoms with Crippen LogP contribution in [0.5, 0.6) is 5.75 Å². The highest BCUT2D eigenvalue weighted by atomic mass is 16.5. The smallest absolute Gasteiger partial charge is 0.257 e. The van der Waals surface area contributed by atoms with Gasteiger partial charge in [0.25, 0.3) is 5.91 Å². The maximum atomic E-state index is 11.5. The largest absolute Gasteiger partial charge is 0.484 e. The van der Waals surface area contributed by atoms with Crippen molar-refractivity contribution in [2.24, 2.45) is 5.73 Å². The highest BCUT2D eigenvalue weighted by molar-refractivity contribution is 5.92. The number of rotatable bonds is 9. The van der Waals surface area contributed by atoms with Gasteiger partial charge in [0.15, 0.2) is 6.61 Å². The molecular formula is C14H21N3O3. The van der Waals surface area contributed by atoms with E-state index in [4.69, 9.17) is 10.5 Å². The first-order valence-electron chi connectivity index (χ1n) is 6.63. The number of carbonyl (C=O) groups excluding carboxylic acids is 2. The van der Waals surface area contributed by atoms with Crippen LogP contribution in [0.3, 0.4) is 0 Å². The summed E-state index contributed by atoms with van der Waals surface area (Å²) in [6, 6.07) is 6.33. The van der Waals surface area contributed by atoms with Crippen molar-refractivity contribution < 1.29 is 14.3 Å². The Morgan fingerprint density at radius 3 is 2.45 bits per heavy atom. The monoisotopic (exact) mass is 279 g/mol. The number of benzene rings is 1. The van der Waals surface area contributed by atoms with Gasteiger partial charge in [-0.2, -0.15) is 0 Å². The van der Waals surface area contributed by atoms with E-state index >= 15 is 0 Å². The van der Waals surface area contributed by atoms with Gasteiger partial charge in [-0.3, -0.25) is 9.59 Å². The molecule has 0 aliphatic rings. The zero-order valence-corrected chi connectivity index (χ0v) is 11.6. The summed E-state index contributed by atoms with van der Waals surface area (Å²) in [7, 11) is 0. The standard InChI is InChI=1S/C14H21N3O3/c1-2-7-16-8-9-17-13(18)10-20-12-5-3-11(4-6-12)14(15)19/h3-6,16H,2,7-10H2,1H3,(H2,15,19)(H,17,18). The predicted octanol–water partition coefficient (Wildman–Crippen LogP) is 0.280. The fourth-order valence-corrected chi connectivity index (χ4v) is 1.51. The summed E-state index contributed by atoms with van der Waals surface area (Å²) in [4.78, 5) is 22.4. The van der Waals surface area contributed by atoms with Gasteiger partial charge < -0.3 is 21.1 Å². The Balaban J connectivity index is 2.22. The minimum atomic E-state index is -0.492. The van der Waals surface area contributed by atoms with Crippen LogP contribution in [0.2, 0.25) is 0 Å². The number of hydrogen-bond donors (Lipinski definition) is 3. The SMILES string of the molecule is CCCNCCNC(=O)COc1ccc(C(N)=O)cc1. The van der Waals surface area contributed by atoms with Crippen LogP contribution in [0.4, 0.5) is 0 Å². The third-order valence-corrected chi connectivity index (χ3v) is 2.56. The summed E-state index contributed by atoms with van der Waals surface area (Å²) >= 11 is 0. The molecule has 0 aliphatic heterocycles. The van der Waals surface area contributed by atoms with Gasteiger partial charge in [0.2, 0.25) is 5.91 Å². The van der Waals surface area contributed by atoms with Crippen LogP contribution in [-0.2, 0) is 4.79 Å². The first-order valence-corrected chi connectivity index (χ1v) is 6.63. The Hall–Kier alpha value is -2.08. The van der Waals surface area contributed by atoms with Gasteiger partial charge in [-0.25, -0.2) is 0 Å². The number of carbonyl (C=O) groups is 2. The molecule has 2 amide bonds. The third-order valence-electron chi connectivity index (χ3n) is 2.56. The van der Waals surface area contributed by atoms with Gasteiger partial charge in [0.1, 0.15) is 5.75 Å². The molecule has 6 nitrogen and oxygen atoms in total. The predicted molar refractivity (Wildman–Crippen MR) is 76.6 cm³/mol. The first kappa shape index (κ1) is 16.0. The molecule has 0 bridgehead atoms. The normalized spacial score (nSPS) is 10.1. The molecule has 0 heterocycles. The Kier molecular flexibility index (Phi) is 7.13. The van der Waals surface area contributed by atoms with Gasteiger partial charge in [-0.1, -0.05) is 6.92 Å². The fourth-order valence-electron chi connectivity index (χ4n) is 1.51. The molecule has 0 atom stereocenters. The van der Waals surface area contributed by atoms with Crippen molar-refractivity contribution in [3.8, 4) is 5.75 Å². The number of nitrogens with two attached hydrogens (primary N) is 1. The van der Waals surface area contributed by atoms with Crippen molar-refractivity contribution in [3.05, 3.63) is 29.8 Å². The van der Waals surface area contributed by atoms with Crippen molar-refractivity contribution in [3.63, 3.8) is 0 Å². The Labute approximate surface area is 118 Å². The minimum Gasteiger partial charge on any atom is -0.484 e. The quantitative estimate of drug-likeness (QED) is 0.566. The van der Waals surface area contributed by atoms with Crippen LogP contribution in [0.1, 0.15) is 23.7 Å². The summed E-state index contributed by atoms with van der Waals surface area (Å²) in [5, 5.41) is 5.92. The van der Waals surface area contributed by atoms with Crippen molar-refractivity contribution in [2.75, 3.05) is 26.2 Å². The molecule has 0 aliphatic carbocycles. The number of nitrogens with one attached hydrogen (secondary N) is 2. The molecule has 0 saturated heterocycles. The second kappa shape index (κ2) is 8.92. The van der Waals surface area contributed by atoms with Crippen LogP contribution >= 0.6 is 0 Å². The maximum absolute atomic E-state index is 11.5. The molecule has 0 aromatic heterocycles. The second-order valence-electron chi connectivity index (χ2n) is 4.28. The van der Waals surface area contributed by atoms with Crippen LogP contribution in [0.15, 0.2) is 24.3 Å². The van der Waals surface area contributed by atoms with E-state index in [1.54, 1.807) is 24.3 Å². The lowest BCUT2D eigenvalue weighted by molar-refractivity contribution is -0.123. The Morgan fingerprint density at radius 2 is 1.85 bits per heavy atom. The number of amides is 2. The van der Waals surface area contributed by atoms with Crippen molar-refractivity contribution in [1.82, 2.24) is 10.6 Å². The van der Waals surface area contributed by atoms with E-state index in [2.05, 4.69) is 17.6 Å². The summed E-state index contributed by atoms with van der Waals surface area (Å²) in [5.41, 5.74) is 5.53. The minimum absolute atomic E-state index is 0.0519. The van der Waals surface area contributed by atoms with Crippen molar-refractivity contribution in [1.29, 1.82) is 0 Å². The van der Waals surface area contributed by atoms with E-state index in [-0.39, 0.29) is 12.5 Å². The number of primary amides is 1. The van der Waals surface area contributed by atoms with E-state index in [1.165, 1.54) is 0 Å². The molecule has 0 fully saturated rings. The van der Waals surface area contributed by atoms with Crippen LogP contribution < -0.4 is 21.1 Å². The highest BCUT2D eigenvalue weighted by Gasteiger charge is 2.03. The molecule has 1 aromatic carbocycles. The maximum Gasteiger partial charge on any atom is 0.257 e. The molecule has 0 unspecified atom stereocenters. The van der Waals surface area contributed by atoms with E-state index < -0.39 is 5.91 Å². The Morgan fingerprint density at radius 1 is 1.15 bits per heavy atom. The van der Waals surface area contributed by atoms with E-state index in [9.17, 15) is 9.59 Å². The van der Waals surface area contributed by atoms with E-state index in [1.807, 2.05) is 0 Å². The molecule has 4 N–H and O–H groups in total. The summed E-state index contributed by atoms with van der Waals surface area (Å²) < 4.78 is 5.30. The molecule has 1 aromatic rings. The van der Waals surface area contributed by atoms with Gasteiger partial charge in [-0.15, -0.1) is 0 Å². The number of ether oxygens (including phenoxy) is 1. The van der Waals surface area contributed by atoms with Crippen LogP contribution in [-0.4, -0.2) is 38.1 Å². The van der Waals surface area contributed by atoms with Gasteiger partial charge in [0, 0.05) is 18.7 Å². The molecule has 20 heavy (non-hydrogen) atoms. The van der Waals surface area contributed by atoms with Gasteiger partial charge in [0.05, 0.1) is 0 Å². The molecular weight excluding hydrogens is 258 g/mol. The first-order chi connectivity index (χ1) is 9.63. The zero-order valence-electron chi connectivity index (χ0n) is 11.6. The van der Waals surface area contributed by atoms with Crippen molar-refractivity contribution in [2.45, 2.75) is 13.3 Å². The lowest BCUT2D eigenvalue weighted by Gasteiger charge is -2.08. The van der Waals surface area contributed by atoms with Crippen LogP contribution in [0.25, 0.3) is 0 Å². The van der Waals surface area contributed by atoms with Gasteiger partial charge >= 0.3 is 0 Å². The zero-order chi connectivity index (χ0) is 14.8. The molecule has 6 heteroatoms. The topological polar surface area (TPSA) is 93.4 Å². The molecule has 0 spiro atoms. The second-order valence-corrected chi connectivity index (χ2v) is 4.28. The average Bonchev–Trinajstić information content (AvgIpc) is 2.45. The molecule has 0 radical (unpaired) electrons. The lowest BCUT2D eigenvalue weighted by atomic mass is 10.2. The summed E-state index contributed by atoms with van der Waals surface area (Å²) in [6.45, 7) is 4.29. The summed E-state index contributed by atoms with van der Waals surface area (Å²) in [6.07, 6.45) is 1.07. The Bertz CT molecular complexity index is 432. The third kappa shape index (κ3) is 6.19. The molecule has 110 valence electrons. The van der Waals surface area contributed by atoms with E-state index in [0.29, 0.717) is 17.9 Å². The fraction of sp³-hybridized carbons (Fsp3) is 0.429. The molecule has 1 rings (SSSR count). The molecule has 0 saturated carbocycles. The van der Waals surface area contributed by atoms with E-state index in [0.717, 1.165) is 19.5 Å². The summed E-state index contributed by atoms with van der Waals surface area (Å²) in [5.74, 6) is -0.148. The number of hydrogen-bond acceptors (Lipinski definition) is 4. The highest BCUT2D eigenvalue weighted by Crippen LogP contribution is 2.11. The van der Waals surface area contributed by atoms with Gasteiger partial charge in [-0.05, 0) is 37.2 Å². The van der Waals surface area contributed by atoms with Crippen LogP contribution in [0, 0.1) is 0 Å². The lowest BCUT2D eigenvalue weighted by Crippen LogP contribution is -2.35. The van der Waals surface area contributed by atoms with Crippen molar-refractivity contribution >= 4 is 11.8 Å².